The molecule has 1 atom stereocenters. The third-order valence-electron chi connectivity index (χ3n) is 7.14. The average molecular weight is 446 g/mol. The van der Waals surface area contributed by atoms with Gasteiger partial charge in [0.1, 0.15) is 17.0 Å². The molecule has 2 heterocycles. The summed E-state index contributed by atoms with van der Waals surface area (Å²) < 4.78 is 7.41. The molecule has 0 bridgehead atoms. The van der Waals surface area contributed by atoms with Crippen LogP contribution < -0.4 is 15.0 Å². The van der Waals surface area contributed by atoms with E-state index in [1.807, 2.05) is 61.7 Å². The van der Waals surface area contributed by atoms with Crippen LogP contribution in [0.25, 0.3) is 10.9 Å². The van der Waals surface area contributed by atoms with Gasteiger partial charge in [0.05, 0.1) is 19.2 Å². The smallest absolute Gasteiger partial charge is 0.275 e. The van der Waals surface area contributed by atoms with Crippen molar-refractivity contribution in [1.29, 1.82) is 0 Å². The molecule has 1 aliphatic carbocycles. The number of amides is 2. The van der Waals surface area contributed by atoms with Crippen molar-refractivity contribution in [2.75, 3.05) is 12.0 Å². The topological polar surface area (TPSA) is 63.6 Å². The highest BCUT2D eigenvalue weighted by molar-refractivity contribution is 6.14. The fourth-order valence-electron chi connectivity index (χ4n) is 5.49. The van der Waals surface area contributed by atoms with Crippen LogP contribution in [0, 0.1) is 13.8 Å². The molecule has 2 aromatic carbocycles. The number of anilines is 1. The Morgan fingerprint density at radius 2 is 1.76 bits per heavy atom. The van der Waals surface area contributed by atoms with Crippen molar-refractivity contribution < 1.29 is 14.3 Å². The minimum Gasteiger partial charge on any atom is -0.497 e. The van der Waals surface area contributed by atoms with E-state index in [9.17, 15) is 9.59 Å². The molecule has 6 heteroatoms. The number of ether oxygens (including phenoxy) is 1. The third-order valence-corrected chi connectivity index (χ3v) is 7.14. The summed E-state index contributed by atoms with van der Waals surface area (Å²) in [5, 5.41) is 4.22. The van der Waals surface area contributed by atoms with E-state index in [4.69, 9.17) is 4.74 Å². The molecule has 0 radical (unpaired) electrons. The second kappa shape index (κ2) is 7.94. The first kappa shape index (κ1) is 21.6. The van der Waals surface area contributed by atoms with Crippen molar-refractivity contribution in [2.24, 2.45) is 0 Å². The van der Waals surface area contributed by atoms with Gasteiger partial charge in [-0.1, -0.05) is 18.9 Å². The number of benzene rings is 2. The Bertz CT molecular complexity index is 1230. The Morgan fingerprint density at radius 1 is 1.06 bits per heavy atom. The summed E-state index contributed by atoms with van der Waals surface area (Å²) in [6.45, 7) is 6.30. The fourth-order valence-corrected chi connectivity index (χ4v) is 5.49. The molecular formula is C27H31N3O3. The Balaban J connectivity index is 1.67. The number of carbonyl (C=O) groups excluding carboxylic acids is 2. The molecule has 2 amide bonds. The number of rotatable bonds is 4. The number of hydrogen-bond donors (Lipinski definition) is 1. The van der Waals surface area contributed by atoms with Crippen molar-refractivity contribution in [3.8, 4) is 5.75 Å². The number of carbonyl (C=O) groups is 2. The quantitative estimate of drug-likeness (QED) is 0.631. The minimum atomic E-state index is -1.07. The number of nitrogens with one attached hydrogen (secondary N) is 1. The zero-order valence-corrected chi connectivity index (χ0v) is 19.8. The molecule has 1 aromatic heterocycles. The lowest BCUT2D eigenvalue weighted by molar-refractivity contribution is -0.127. The van der Waals surface area contributed by atoms with Gasteiger partial charge < -0.3 is 14.6 Å². The summed E-state index contributed by atoms with van der Waals surface area (Å²) in [5.41, 5.74) is 3.30. The summed E-state index contributed by atoms with van der Waals surface area (Å²) in [5.74, 6) is 0.465. The van der Waals surface area contributed by atoms with E-state index in [2.05, 4.69) is 11.4 Å². The predicted molar refractivity (Wildman–Crippen MR) is 130 cm³/mol. The summed E-state index contributed by atoms with van der Waals surface area (Å²) in [4.78, 5) is 29.5. The normalized spacial score (nSPS) is 20.8. The first-order chi connectivity index (χ1) is 15.8. The van der Waals surface area contributed by atoms with E-state index in [0.29, 0.717) is 12.2 Å². The highest BCUT2D eigenvalue weighted by Gasteiger charge is 2.49. The van der Waals surface area contributed by atoms with E-state index in [1.165, 1.54) is 0 Å². The number of methoxy groups -OCH3 is 1. The van der Waals surface area contributed by atoms with Gasteiger partial charge in [-0.3, -0.25) is 14.5 Å². The second-order valence-electron chi connectivity index (χ2n) is 9.76. The van der Waals surface area contributed by atoms with Crippen LogP contribution in [0.4, 0.5) is 5.69 Å². The van der Waals surface area contributed by atoms with Gasteiger partial charge in [-0.05, 0) is 75.1 Å². The number of aryl methyl sites for hydroxylation is 2. The highest BCUT2D eigenvalue weighted by atomic mass is 16.5. The lowest BCUT2D eigenvalue weighted by Gasteiger charge is -2.44. The first-order valence-corrected chi connectivity index (χ1v) is 11.7. The van der Waals surface area contributed by atoms with Crippen LogP contribution in [0.3, 0.4) is 0 Å². The molecular weight excluding hydrogens is 414 g/mol. The molecule has 0 unspecified atom stereocenters. The molecule has 172 valence electrons. The molecule has 33 heavy (non-hydrogen) atoms. The van der Waals surface area contributed by atoms with Gasteiger partial charge in [-0.15, -0.1) is 0 Å². The van der Waals surface area contributed by atoms with Crippen LogP contribution in [0.1, 0.15) is 54.2 Å². The maximum Gasteiger partial charge on any atom is 0.275 e. The van der Waals surface area contributed by atoms with Gasteiger partial charge >= 0.3 is 0 Å². The van der Waals surface area contributed by atoms with Crippen molar-refractivity contribution in [3.05, 3.63) is 59.3 Å². The highest BCUT2D eigenvalue weighted by Crippen LogP contribution is 2.37. The molecule has 1 fully saturated rings. The maximum absolute atomic E-state index is 14.0. The molecule has 3 aromatic rings. The van der Waals surface area contributed by atoms with Gasteiger partial charge in [-0.25, -0.2) is 0 Å². The monoisotopic (exact) mass is 445 g/mol. The van der Waals surface area contributed by atoms with Crippen LogP contribution in [-0.4, -0.2) is 35.1 Å². The molecule has 6 nitrogen and oxygen atoms in total. The van der Waals surface area contributed by atoms with Crippen LogP contribution in [0.15, 0.2) is 42.5 Å². The van der Waals surface area contributed by atoms with Gasteiger partial charge in [0, 0.05) is 23.2 Å². The van der Waals surface area contributed by atoms with Crippen LogP contribution in [0.2, 0.25) is 0 Å². The van der Waals surface area contributed by atoms with E-state index >= 15 is 0 Å². The lowest BCUT2D eigenvalue weighted by atomic mass is 9.92. The van der Waals surface area contributed by atoms with Crippen LogP contribution in [0.5, 0.6) is 5.75 Å². The standard InChI is InChI=1S/C27H31N3O3/c1-17-11-18(2)13-21(12-17)30-25(31)24-14-19-9-10-22(33-4)15-23(19)29(24)16-27(30,3)26(32)28-20-7-5-6-8-20/h9-15,20H,5-8,16H2,1-4H3,(H,28,32)/t27-/m0/s1. The Kier molecular flexibility index (Phi) is 5.19. The molecule has 5 rings (SSSR count). The summed E-state index contributed by atoms with van der Waals surface area (Å²) >= 11 is 0. The lowest BCUT2D eigenvalue weighted by Crippen LogP contribution is -2.65. The predicted octanol–water partition coefficient (Wildman–Crippen LogP) is 4.74. The summed E-state index contributed by atoms with van der Waals surface area (Å²) in [7, 11) is 1.63. The third kappa shape index (κ3) is 3.58. The Hall–Kier alpha value is -3.28. The summed E-state index contributed by atoms with van der Waals surface area (Å²) in [6, 6.07) is 14.0. The number of fused-ring (bicyclic) bond motifs is 3. The zero-order valence-electron chi connectivity index (χ0n) is 19.8. The van der Waals surface area contributed by atoms with Crippen molar-refractivity contribution >= 4 is 28.4 Å². The molecule has 2 aliphatic rings. The van der Waals surface area contributed by atoms with Gasteiger partial charge in [-0.2, -0.15) is 0 Å². The Labute approximate surface area is 194 Å². The Morgan fingerprint density at radius 3 is 2.42 bits per heavy atom. The number of aromatic nitrogens is 1. The molecule has 0 saturated heterocycles. The average Bonchev–Trinajstić information content (AvgIpc) is 3.40. The molecule has 1 N–H and O–H groups in total. The summed E-state index contributed by atoms with van der Waals surface area (Å²) in [6.07, 6.45) is 4.25. The fraction of sp³-hybridized carbons (Fsp3) is 0.407. The minimum absolute atomic E-state index is 0.0997. The second-order valence-corrected chi connectivity index (χ2v) is 9.76. The van der Waals surface area contributed by atoms with Crippen molar-refractivity contribution in [2.45, 2.75) is 64.6 Å². The SMILES string of the molecule is COc1ccc2cc3n(c2c1)C[C@@](C)(C(=O)NC1CCCC1)N(c1cc(C)cc(C)c1)C3=O. The number of hydrogen-bond acceptors (Lipinski definition) is 3. The van der Waals surface area contributed by atoms with Gasteiger partial charge in [0.25, 0.3) is 5.91 Å². The number of nitrogens with zero attached hydrogens (tertiary/aromatic N) is 2. The maximum atomic E-state index is 14.0. The van der Waals surface area contributed by atoms with Crippen molar-refractivity contribution in [3.63, 3.8) is 0 Å². The van der Waals surface area contributed by atoms with Gasteiger partial charge in [0.2, 0.25) is 5.91 Å². The zero-order chi connectivity index (χ0) is 23.3. The van der Waals surface area contributed by atoms with E-state index < -0.39 is 5.54 Å². The molecule has 0 spiro atoms. The molecule has 1 saturated carbocycles. The van der Waals surface area contributed by atoms with E-state index in [1.54, 1.807) is 12.0 Å². The van der Waals surface area contributed by atoms with Gasteiger partial charge in [0.15, 0.2) is 0 Å². The van der Waals surface area contributed by atoms with E-state index in [0.717, 1.165) is 59.2 Å². The molecule has 1 aliphatic heterocycles. The van der Waals surface area contributed by atoms with Crippen LogP contribution >= 0.6 is 0 Å². The largest absolute Gasteiger partial charge is 0.497 e. The van der Waals surface area contributed by atoms with Crippen LogP contribution in [-0.2, 0) is 11.3 Å². The first-order valence-electron chi connectivity index (χ1n) is 11.7. The van der Waals surface area contributed by atoms with E-state index in [-0.39, 0.29) is 17.9 Å². The van der Waals surface area contributed by atoms with Crippen molar-refractivity contribution in [1.82, 2.24) is 9.88 Å².